The third-order valence-electron chi connectivity index (χ3n) is 5.73. The number of carbonyl (C=O) groups is 1. The molecule has 1 amide bonds. The molecule has 3 aromatic rings. The Morgan fingerprint density at radius 1 is 1.27 bits per heavy atom. The molecule has 0 aromatic carbocycles. The van der Waals surface area contributed by atoms with E-state index in [0.717, 1.165) is 5.52 Å². The summed E-state index contributed by atoms with van der Waals surface area (Å²) in [4.78, 5) is 31.5. The van der Waals surface area contributed by atoms with Gasteiger partial charge in [-0.15, -0.1) is 0 Å². The summed E-state index contributed by atoms with van der Waals surface area (Å²) in [5, 5.41) is 3.72. The fourth-order valence-corrected chi connectivity index (χ4v) is 4.20. The Morgan fingerprint density at radius 2 is 2.00 bits per heavy atom. The van der Waals surface area contributed by atoms with Gasteiger partial charge < -0.3 is 4.90 Å². The Kier molecular flexibility index (Phi) is 5.40. The van der Waals surface area contributed by atoms with Crippen molar-refractivity contribution in [1.82, 2.24) is 28.8 Å². The lowest BCUT2D eigenvalue weighted by Crippen LogP contribution is -2.40. The van der Waals surface area contributed by atoms with E-state index in [4.69, 9.17) is 0 Å². The van der Waals surface area contributed by atoms with Crippen molar-refractivity contribution < 1.29 is 13.6 Å². The van der Waals surface area contributed by atoms with Crippen LogP contribution in [0.2, 0.25) is 0 Å². The van der Waals surface area contributed by atoms with Crippen LogP contribution in [-0.2, 0) is 20.1 Å². The minimum Gasteiger partial charge on any atom is -0.339 e. The Balaban J connectivity index is 1.47. The number of fused-ring (bicyclic) bond motifs is 1. The predicted octanol–water partition coefficient (Wildman–Crippen LogP) is 2.44. The van der Waals surface area contributed by atoms with Gasteiger partial charge in [0.25, 0.3) is 12.3 Å². The summed E-state index contributed by atoms with van der Waals surface area (Å²) in [5.41, 5.74) is 0.877. The van der Waals surface area contributed by atoms with Crippen LogP contribution >= 0.6 is 0 Å². The van der Waals surface area contributed by atoms with Crippen LogP contribution in [0, 0.1) is 5.92 Å². The average molecular weight is 418 g/mol. The van der Waals surface area contributed by atoms with Gasteiger partial charge in [-0.2, -0.15) is 5.10 Å². The van der Waals surface area contributed by atoms with E-state index in [-0.39, 0.29) is 17.2 Å². The molecule has 160 valence electrons. The molecule has 1 aliphatic rings. The first-order valence-corrected chi connectivity index (χ1v) is 10.1. The average Bonchev–Trinajstić information content (AvgIpc) is 3.26. The molecule has 0 spiro atoms. The molecule has 1 aliphatic heterocycles. The first kappa shape index (κ1) is 20.2. The van der Waals surface area contributed by atoms with E-state index in [1.807, 2.05) is 19.1 Å². The number of hydrogen-bond donors (Lipinski definition) is 0. The molecule has 8 nitrogen and oxygen atoms in total. The molecule has 0 radical (unpaired) electrons. The summed E-state index contributed by atoms with van der Waals surface area (Å²) in [6.45, 7) is 3.93. The SMILES string of the molecule is CCn1c(=O)n(CC2CCN(C(=O)c3cn(C)nc3C(F)F)CC2)c2ncccc21. The van der Waals surface area contributed by atoms with Crippen LogP contribution in [0.15, 0.2) is 29.3 Å². The highest BCUT2D eigenvalue weighted by Gasteiger charge is 2.30. The summed E-state index contributed by atoms with van der Waals surface area (Å²) >= 11 is 0. The molecular weight excluding hydrogens is 394 g/mol. The highest BCUT2D eigenvalue weighted by Crippen LogP contribution is 2.26. The second-order valence-electron chi connectivity index (χ2n) is 7.62. The van der Waals surface area contributed by atoms with E-state index in [1.165, 1.54) is 17.9 Å². The summed E-state index contributed by atoms with van der Waals surface area (Å²) < 4.78 is 31.0. The number of pyridine rings is 1. The van der Waals surface area contributed by atoms with E-state index >= 15 is 0 Å². The highest BCUT2D eigenvalue weighted by atomic mass is 19.3. The van der Waals surface area contributed by atoms with E-state index in [9.17, 15) is 18.4 Å². The zero-order valence-corrected chi connectivity index (χ0v) is 17.0. The number of alkyl halides is 2. The minimum absolute atomic E-state index is 0.0441. The lowest BCUT2D eigenvalue weighted by Gasteiger charge is -2.32. The fraction of sp³-hybridized carbons (Fsp3) is 0.500. The number of imidazole rings is 1. The van der Waals surface area contributed by atoms with Gasteiger partial charge in [0.15, 0.2) is 5.65 Å². The Morgan fingerprint density at radius 3 is 2.67 bits per heavy atom. The number of aromatic nitrogens is 5. The molecule has 0 bridgehead atoms. The molecule has 0 aliphatic carbocycles. The lowest BCUT2D eigenvalue weighted by molar-refractivity contribution is 0.0671. The Bertz CT molecular complexity index is 1120. The zero-order chi connectivity index (χ0) is 21.4. The van der Waals surface area contributed by atoms with Crippen molar-refractivity contribution in [2.75, 3.05) is 13.1 Å². The maximum Gasteiger partial charge on any atom is 0.330 e. The van der Waals surface area contributed by atoms with Crippen LogP contribution in [0.3, 0.4) is 0 Å². The van der Waals surface area contributed by atoms with Gasteiger partial charge >= 0.3 is 5.69 Å². The molecule has 3 aromatic heterocycles. The molecule has 0 atom stereocenters. The molecule has 1 fully saturated rings. The topological polar surface area (TPSA) is 78.0 Å². The number of nitrogens with zero attached hydrogens (tertiary/aromatic N) is 6. The molecular formula is C20H24F2N6O2. The minimum atomic E-state index is -2.79. The van der Waals surface area contributed by atoms with Gasteiger partial charge in [-0.3, -0.25) is 18.6 Å². The van der Waals surface area contributed by atoms with Crippen molar-refractivity contribution in [3.8, 4) is 0 Å². The number of carbonyl (C=O) groups excluding carboxylic acids is 1. The van der Waals surface area contributed by atoms with E-state index in [0.29, 0.717) is 44.7 Å². The maximum absolute atomic E-state index is 13.2. The standard InChI is InChI=1S/C20H24F2N6O2/c1-3-27-15-5-4-8-23-18(15)28(20(27)30)11-13-6-9-26(10-7-13)19(29)14-12-25(2)24-16(14)17(21)22/h4-5,8,12-13,17H,3,6-7,9-11H2,1-2H3. The quantitative estimate of drug-likeness (QED) is 0.638. The van der Waals surface area contributed by atoms with Gasteiger partial charge in [0, 0.05) is 45.6 Å². The number of likely N-dealkylation sites (tertiary alicyclic amines) is 1. The van der Waals surface area contributed by atoms with E-state index < -0.39 is 18.0 Å². The summed E-state index contributed by atoms with van der Waals surface area (Å²) in [6, 6.07) is 3.70. The summed E-state index contributed by atoms with van der Waals surface area (Å²) in [7, 11) is 1.52. The smallest absolute Gasteiger partial charge is 0.330 e. The number of aryl methyl sites for hydroxylation is 2. The van der Waals surface area contributed by atoms with E-state index in [1.54, 1.807) is 20.2 Å². The highest BCUT2D eigenvalue weighted by molar-refractivity contribution is 5.95. The van der Waals surface area contributed by atoms with Crippen molar-refractivity contribution in [2.24, 2.45) is 13.0 Å². The van der Waals surface area contributed by atoms with Crippen LogP contribution in [0.5, 0.6) is 0 Å². The second-order valence-corrected chi connectivity index (χ2v) is 7.62. The first-order valence-electron chi connectivity index (χ1n) is 10.1. The van der Waals surface area contributed by atoms with Crippen molar-refractivity contribution in [1.29, 1.82) is 0 Å². The number of rotatable bonds is 5. The van der Waals surface area contributed by atoms with Crippen molar-refractivity contribution in [3.63, 3.8) is 0 Å². The molecule has 0 unspecified atom stereocenters. The third kappa shape index (κ3) is 3.50. The lowest BCUT2D eigenvalue weighted by atomic mass is 9.96. The zero-order valence-electron chi connectivity index (χ0n) is 17.0. The van der Waals surface area contributed by atoms with Crippen molar-refractivity contribution >= 4 is 17.1 Å². The molecule has 30 heavy (non-hydrogen) atoms. The van der Waals surface area contributed by atoms with Gasteiger partial charge in [-0.25, -0.2) is 18.6 Å². The Labute approximate surface area is 171 Å². The van der Waals surface area contributed by atoms with Crippen LogP contribution in [0.25, 0.3) is 11.2 Å². The molecule has 4 heterocycles. The number of amides is 1. The predicted molar refractivity (Wildman–Crippen MR) is 106 cm³/mol. The molecule has 10 heteroatoms. The van der Waals surface area contributed by atoms with Crippen molar-refractivity contribution in [3.05, 3.63) is 46.3 Å². The van der Waals surface area contributed by atoms with Crippen LogP contribution in [0.1, 0.15) is 42.2 Å². The monoisotopic (exact) mass is 418 g/mol. The number of hydrogen-bond acceptors (Lipinski definition) is 4. The first-order chi connectivity index (χ1) is 14.4. The largest absolute Gasteiger partial charge is 0.339 e. The molecule has 0 N–H and O–H groups in total. The van der Waals surface area contributed by atoms with Gasteiger partial charge in [0.1, 0.15) is 5.69 Å². The summed E-state index contributed by atoms with van der Waals surface area (Å²) in [6.07, 6.45) is 1.61. The normalized spacial score (nSPS) is 15.4. The van der Waals surface area contributed by atoms with Gasteiger partial charge in [0.05, 0.1) is 11.1 Å². The summed E-state index contributed by atoms with van der Waals surface area (Å²) in [5.74, 6) is -0.216. The number of halogens is 2. The Hall–Kier alpha value is -3.04. The van der Waals surface area contributed by atoms with Crippen LogP contribution in [-0.4, -0.2) is 47.8 Å². The maximum atomic E-state index is 13.2. The van der Waals surface area contributed by atoms with Crippen molar-refractivity contribution in [2.45, 2.75) is 39.3 Å². The second kappa shape index (κ2) is 8.00. The third-order valence-corrected chi connectivity index (χ3v) is 5.73. The van der Waals surface area contributed by atoms with Crippen LogP contribution in [0.4, 0.5) is 8.78 Å². The van der Waals surface area contributed by atoms with Gasteiger partial charge in [-0.1, -0.05) is 0 Å². The number of piperidine rings is 1. The fourth-order valence-electron chi connectivity index (χ4n) is 4.20. The van der Waals surface area contributed by atoms with Gasteiger partial charge in [0.2, 0.25) is 0 Å². The molecule has 1 saturated heterocycles. The van der Waals surface area contributed by atoms with Crippen LogP contribution < -0.4 is 5.69 Å². The molecule has 4 rings (SSSR count). The van der Waals surface area contributed by atoms with Gasteiger partial charge in [-0.05, 0) is 37.8 Å². The molecule has 0 saturated carbocycles. The van der Waals surface area contributed by atoms with E-state index in [2.05, 4.69) is 10.1 Å².